The molecule has 0 radical (unpaired) electrons. The first-order valence-electron chi connectivity index (χ1n) is 7.07. The van der Waals surface area contributed by atoms with E-state index >= 15 is 0 Å². The van der Waals surface area contributed by atoms with Crippen molar-refractivity contribution in [3.8, 4) is 0 Å². The number of ketones is 1. The maximum absolute atomic E-state index is 12.2. The zero-order valence-electron chi connectivity index (χ0n) is 14.2. The van der Waals surface area contributed by atoms with Crippen LogP contribution in [0.3, 0.4) is 0 Å². The number of aliphatic imine (C=N–C) groups is 1. The van der Waals surface area contributed by atoms with Crippen molar-refractivity contribution >= 4 is 12.5 Å². The number of carbonyl (C=O) groups excluding carboxylic acids is 1. The van der Waals surface area contributed by atoms with Crippen LogP contribution in [0.25, 0.3) is 0 Å². The average molecular weight is 319 g/mol. The highest BCUT2D eigenvalue weighted by atomic mass is 16.5. The summed E-state index contributed by atoms with van der Waals surface area (Å²) in [7, 11) is 4.75. The predicted molar refractivity (Wildman–Crippen MR) is 93.5 cm³/mol. The van der Waals surface area contributed by atoms with E-state index in [9.17, 15) is 4.79 Å². The van der Waals surface area contributed by atoms with E-state index < -0.39 is 0 Å². The molecule has 126 valence electrons. The molecule has 0 fully saturated rings. The second kappa shape index (κ2) is 13.4. The van der Waals surface area contributed by atoms with Gasteiger partial charge in [-0.2, -0.15) is 0 Å². The number of methoxy groups -OCH3 is 3. The Morgan fingerprint density at radius 1 is 1.09 bits per heavy atom. The lowest BCUT2D eigenvalue weighted by Gasteiger charge is -2.08. The van der Waals surface area contributed by atoms with Gasteiger partial charge in [0.15, 0.2) is 5.78 Å². The van der Waals surface area contributed by atoms with E-state index in [4.69, 9.17) is 14.2 Å². The SMILES string of the molecule is C=NC=CC(=CC)C(=O)C=CC(C=CCOC)=C(COC)OC. The minimum absolute atomic E-state index is 0.141. The van der Waals surface area contributed by atoms with Gasteiger partial charge in [0.25, 0.3) is 0 Å². The Morgan fingerprint density at radius 2 is 1.83 bits per heavy atom. The molecule has 0 aromatic rings. The van der Waals surface area contributed by atoms with Gasteiger partial charge < -0.3 is 14.2 Å². The maximum Gasteiger partial charge on any atom is 0.185 e. The zero-order valence-corrected chi connectivity index (χ0v) is 14.2. The summed E-state index contributed by atoms with van der Waals surface area (Å²) in [5.41, 5.74) is 1.26. The summed E-state index contributed by atoms with van der Waals surface area (Å²) in [6.07, 6.45) is 11.6. The topological polar surface area (TPSA) is 57.1 Å². The van der Waals surface area contributed by atoms with Gasteiger partial charge in [-0.3, -0.25) is 9.79 Å². The van der Waals surface area contributed by atoms with Crippen LogP contribution in [0, 0.1) is 0 Å². The van der Waals surface area contributed by atoms with Crippen LogP contribution in [0.15, 0.2) is 64.6 Å². The van der Waals surface area contributed by atoms with Crippen molar-refractivity contribution < 1.29 is 19.0 Å². The molecule has 0 aromatic heterocycles. The summed E-state index contributed by atoms with van der Waals surface area (Å²) in [6, 6.07) is 0. The predicted octanol–water partition coefficient (Wildman–Crippen LogP) is 3.02. The molecule has 5 nitrogen and oxygen atoms in total. The molecule has 0 aromatic carbocycles. The van der Waals surface area contributed by atoms with Crippen LogP contribution in [0.4, 0.5) is 0 Å². The lowest BCUT2D eigenvalue weighted by atomic mass is 10.1. The Bertz CT molecular complexity index is 525. The normalized spacial score (nSPS) is 13.8. The third-order valence-electron chi connectivity index (χ3n) is 2.77. The molecule has 0 rings (SSSR count). The Balaban J connectivity index is 5.39. The van der Waals surface area contributed by atoms with Crippen LogP contribution in [0.2, 0.25) is 0 Å². The Hall–Kier alpha value is -2.24. The van der Waals surface area contributed by atoms with Gasteiger partial charge in [0, 0.05) is 31.6 Å². The molecule has 0 aliphatic carbocycles. The Kier molecular flexibility index (Phi) is 12.1. The molecule has 0 heterocycles. The number of nitrogens with zero attached hydrogens (tertiary/aromatic N) is 1. The molecule has 0 saturated heterocycles. The van der Waals surface area contributed by atoms with Crippen molar-refractivity contribution in [2.24, 2.45) is 4.99 Å². The molecule has 0 atom stereocenters. The molecule has 0 aliphatic rings. The fraction of sp³-hybridized carbons (Fsp3) is 0.333. The van der Waals surface area contributed by atoms with E-state index in [0.29, 0.717) is 24.5 Å². The van der Waals surface area contributed by atoms with Crippen molar-refractivity contribution in [1.82, 2.24) is 0 Å². The van der Waals surface area contributed by atoms with Crippen molar-refractivity contribution in [3.63, 3.8) is 0 Å². The standard InChI is InChI=1S/C18H25NO4/c1-6-15(11-12-19-2)17(20)10-9-16(8-7-13-21-3)18(23-5)14-22-4/h6-12H,2,13-14H2,1,3-5H3. The van der Waals surface area contributed by atoms with E-state index in [0.717, 1.165) is 5.57 Å². The zero-order chi connectivity index (χ0) is 17.5. The van der Waals surface area contributed by atoms with Gasteiger partial charge in [0.2, 0.25) is 0 Å². The third kappa shape index (κ3) is 8.70. The van der Waals surface area contributed by atoms with Gasteiger partial charge in [-0.25, -0.2) is 0 Å². The summed E-state index contributed by atoms with van der Waals surface area (Å²) in [5.74, 6) is 0.479. The van der Waals surface area contributed by atoms with E-state index in [1.165, 1.54) is 12.3 Å². The molecular weight excluding hydrogens is 294 g/mol. The molecular formula is C18H25NO4. The van der Waals surface area contributed by atoms with Crippen molar-refractivity contribution in [2.45, 2.75) is 6.92 Å². The summed E-state index contributed by atoms with van der Waals surface area (Å²) in [5, 5.41) is 0. The van der Waals surface area contributed by atoms with Gasteiger partial charge in [-0.1, -0.05) is 18.2 Å². The van der Waals surface area contributed by atoms with Crippen LogP contribution < -0.4 is 0 Å². The summed E-state index contributed by atoms with van der Waals surface area (Å²) in [6.45, 7) is 5.90. The second-order valence-corrected chi connectivity index (χ2v) is 4.31. The smallest absolute Gasteiger partial charge is 0.185 e. The third-order valence-corrected chi connectivity index (χ3v) is 2.77. The quantitative estimate of drug-likeness (QED) is 0.254. The fourth-order valence-electron chi connectivity index (χ4n) is 1.62. The van der Waals surface area contributed by atoms with Crippen molar-refractivity contribution in [3.05, 3.63) is 59.6 Å². The highest BCUT2D eigenvalue weighted by molar-refractivity contribution is 6.06. The number of hydrogen-bond acceptors (Lipinski definition) is 5. The number of allylic oxidation sites excluding steroid dienone is 7. The summed E-state index contributed by atoms with van der Waals surface area (Å²) < 4.78 is 15.4. The Labute approximate surface area is 138 Å². The van der Waals surface area contributed by atoms with Crippen LogP contribution in [-0.4, -0.2) is 47.0 Å². The van der Waals surface area contributed by atoms with Gasteiger partial charge in [-0.05, 0) is 31.9 Å². The average Bonchev–Trinajstić information content (AvgIpc) is 2.56. The molecule has 0 saturated carbocycles. The van der Waals surface area contributed by atoms with Gasteiger partial charge in [-0.15, -0.1) is 0 Å². The summed E-state index contributed by atoms with van der Waals surface area (Å²) in [4.78, 5) is 15.8. The summed E-state index contributed by atoms with van der Waals surface area (Å²) >= 11 is 0. The van der Waals surface area contributed by atoms with Gasteiger partial charge in [0.05, 0.1) is 13.7 Å². The molecule has 0 bridgehead atoms. The lowest BCUT2D eigenvalue weighted by molar-refractivity contribution is -0.111. The van der Waals surface area contributed by atoms with E-state index in [1.807, 2.05) is 12.2 Å². The first-order valence-corrected chi connectivity index (χ1v) is 7.07. The monoisotopic (exact) mass is 319 g/mol. The molecule has 23 heavy (non-hydrogen) atoms. The highest BCUT2D eigenvalue weighted by Crippen LogP contribution is 2.11. The van der Waals surface area contributed by atoms with Crippen molar-refractivity contribution in [2.75, 3.05) is 34.5 Å². The number of hydrogen-bond donors (Lipinski definition) is 0. The van der Waals surface area contributed by atoms with Gasteiger partial charge in [0.1, 0.15) is 12.4 Å². The first-order chi connectivity index (χ1) is 11.1. The van der Waals surface area contributed by atoms with E-state index in [1.54, 1.807) is 46.5 Å². The second-order valence-electron chi connectivity index (χ2n) is 4.31. The van der Waals surface area contributed by atoms with E-state index in [-0.39, 0.29) is 5.78 Å². The van der Waals surface area contributed by atoms with Gasteiger partial charge >= 0.3 is 0 Å². The fourth-order valence-corrected chi connectivity index (χ4v) is 1.62. The number of rotatable bonds is 11. The highest BCUT2D eigenvalue weighted by Gasteiger charge is 2.05. The molecule has 0 N–H and O–H groups in total. The minimum atomic E-state index is -0.141. The molecule has 0 unspecified atom stereocenters. The lowest BCUT2D eigenvalue weighted by Crippen LogP contribution is -2.01. The van der Waals surface area contributed by atoms with Crippen molar-refractivity contribution in [1.29, 1.82) is 0 Å². The molecule has 0 aliphatic heterocycles. The molecule has 0 amide bonds. The largest absolute Gasteiger partial charge is 0.498 e. The molecule has 0 spiro atoms. The number of ether oxygens (including phenoxy) is 3. The van der Waals surface area contributed by atoms with Crippen LogP contribution >= 0.6 is 0 Å². The van der Waals surface area contributed by atoms with E-state index in [2.05, 4.69) is 11.7 Å². The first kappa shape index (κ1) is 20.8. The maximum atomic E-state index is 12.2. The molecule has 5 heteroatoms. The number of carbonyl (C=O) groups is 1. The Morgan fingerprint density at radius 3 is 2.35 bits per heavy atom. The van der Waals surface area contributed by atoms with Crippen LogP contribution in [0.1, 0.15) is 6.92 Å². The minimum Gasteiger partial charge on any atom is -0.498 e. The van der Waals surface area contributed by atoms with Crippen LogP contribution in [0.5, 0.6) is 0 Å². The van der Waals surface area contributed by atoms with Crippen LogP contribution in [-0.2, 0) is 19.0 Å².